The average Bonchev–Trinajstić information content (AvgIpc) is 2.76. The third-order valence-electron chi connectivity index (χ3n) is 3.40. The van der Waals surface area contributed by atoms with Crippen molar-refractivity contribution in [1.82, 2.24) is 4.90 Å². The van der Waals surface area contributed by atoms with Crippen LogP contribution in [-0.2, 0) is 4.79 Å². The van der Waals surface area contributed by atoms with Crippen molar-refractivity contribution in [2.45, 2.75) is 25.3 Å². The van der Waals surface area contributed by atoms with Gasteiger partial charge in [-0.05, 0) is 38.6 Å². The molecule has 6 heteroatoms. The van der Waals surface area contributed by atoms with Gasteiger partial charge in [0.05, 0.1) is 5.69 Å². The molecule has 2 rings (SSSR count). The number of rotatable bonds is 3. The summed E-state index contributed by atoms with van der Waals surface area (Å²) in [6.07, 6.45) is 2.15. The number of hydrogen-bond acceptors (Lipinski definition) is 2. The summed E-state index contributed by atoms with van der Waals surface area (Å²) in [5.41, 5.74) is -0.329. The van der Waals surface area contributed by atoms with Crippen LogP contribution in [0.5, 0.6) is 0 Å². The van der Waals surface area contributed by atoms with Crippen molar-refractivity contribution in [3.63, 3.8) is 0 Å². The van der Waals surface area contributed by atoms with Gasteiger partial charge in [-0.25, -0.2) is 13.2 Å². The quantitative estimate of drug-likeness (QED) is 0.858. The number of benzene rings is 1. The van der Waals surface area contributed by atoms with Crippen molar-refractivity contribution >= 4 is 11.6 Å². The van der Waals surface area contributed by atoms with Crippen LogP contribution in [0.3, 0.4) is 0 Å². The minimum Gasteiger partial charge on any atom is -0.323 e. The van der Waals surface area contributed by atoms with Crippen LogP contribution in [0, 0.1) is 17.5 Å². The highest BCUT2D eigenvalue weighted by Crippen LogP contribution is 2.22. The van der Waals surface area contributed by atoms with Crippen LogP contribution < -0.4 is 5.32 Å². The molecular weight excluding hydrogens is 257 g/mol. The Morgan fingerprint density at radius 3 is 2.74 bits per heavy atom. The first kappa shape index (κ1) is 13.9. The number of carbonyl (C=O) groups is 1. The van der Waals surface area contributed by atoms with Crippen LogP contribution >= 0.6 is 0 Å². The number of halogens is 3. The number of amides is 1. The van der Waals surface area contributed by atoms with Gasteiger partial charge >= 0.3 is 0 Å². The lowest BCUT2D eigenvalue weighted by Crippen LogP contribution is -2.29. The molecule has 0 aromatic heterocycles. The summed E-state index contributed by atoms with van der Waals surface area (Å²) in [5.74, 6) is -4.61. The number of anilines is 1. The van der Waals surface area contributed by atoms with Crippen LogP contribution in [0.4, 0.5) is 18.9 Å². The Kier molecular flexibility index (Phi) is 4.09. The van der Waals surface area contributed by atoms with E-state index in [1.165, 1.54) is 0 Å². The van der Waals surface area contributed by atoms with E-state index in [4.69, 9.17) is 0 Å². The van der Waals surface area contributed by atoms with E-state index in [2.05, 4.69) is 10.2 Å². The minimum atomic E-state index is -1.57. The molecule has 0 spiro atoms. The van der Waals surface area contributed by atoms with Crippen LogP contribution in [0.1, 0.15) is 19.3 Å². The molecule has 1 aliphatic rings. The largest absolute Gasteiger partial charge is 0.323 e. The van der Waals surface area contributed by atoms with Crippen molar-refractivity contribution in [3.8, 4) is 0 Å². The third-order valence-corrected chi connectivity index (χ3v) is 3.40. The summed E-state index contributed by atoms with van der Waals surface area (Å²) in [6, 6.07) is 1.92. The summed E-state index contributed by atoms with van der Waals surface area (Å²) in [6.45, 7) is 0.928. The molecule has 1 atom stereocenters. The molecule has 1 saturated heterocycles. The summed E-state index contributed by atoms with van der Waals surface area (Å²) in [7, 11) is 1.92. The molecule has 104 valence electrons. The van der Waals surface area contributed by atoms with Gasteiger partial charge < -0.3 is 10.2 Å². The van der Waals surface area contributed by atoms with E-state index in [0.717, 1.165) is 31.5 Å². The molecule has 1 aromatic carbocycles. The Bertz CT molecular complexity index is 493. The van der Waals surface area contributed by atoms with Gasteiger partial charge in [0.2, 0.25) is 5.91 Å². The minimum absolute atomic E-state index is 0.119. The molecule has 1 heterocycles. The number of hydrogen-bond donors (Lipinski definition) is 1. The Balaban J connectivity index is 2.01. The van der Waals surface area contributed by atoms with Gasteiger partial charge in [0, 0.05) is 12.5 Å². The smallest absolute Gasteiger partial charge is 0.226 e. The molecule has 0 saturated carbocycles. The van der Waals surface area contributed by atoms with E-state index in [1.54, 1.807) is 0 Å². The Morgan fingerprint density at radius 2 is 2.11 bits per heavy atom. The van der Waals surface area contributed by atoms with Gasteiger partial charge in [0.15, 0.2) is 17.5 Å². The van der Waals surface area contributed by atoms with E-state index >= 15 is 0 Å². The molecule has 0 aliphatic carbocycles. The average molecular weight is 272 g/mol. The highest BCUT2D eigenvalue weighted by Gasteiger charge is 2.24. The van der Waals surface area contributed by atoms with Gasteiger partial charge in [0.1, 0.15) is 0 Å². The molecule has 1 aliphatic heterocycles. The monoisotopic (exact) mass is 272 g/mol. The fraction of sp³-hybridized carbons (Fsp3) is 0.462. The first-order valence-electron chi connectivity index (χ1n) is 6.12. The zero-order chi connectivity index (χ0) is 14.0. The van der Waals surface area contributed by atoms with Crippen molar-refractivity contribution in [2.75, 3.05) is 18.9 Å². The molecule has 0 radical (unpaired) electrons. The molecular formula is C13H15F3N2O. The second-order valence-corrected chi connectivity index (χ2v) is 4.75. The lowest BCUT2D eigenvalue weighted by molar-refractivity contribution is -0.117. The number of nitrogens with one attached hydrogen (secondary N) is 1. The number of nitrogens with zero attached hydrogens (tertiary/aromatic N) is 1. The van der Waals surface area contributed by atoms with Crippen molar-refractivity contribution in [3.05, 3.63) is 29.6 Å². The van der Waals surface area contributed by atoms with Crippen molar-refractivity contribution < 1.29 is 18.0 Å². The van der Waals surface area contributed by atoms with Crippen LogP contribution in [-0.4, -0.2) is 30.4 Å². The SMILES string of the molecule is CN1CCCC1CC(=O)Nc1ccc(F)c(F)c1F. The summed E-state index contributed by atoms with van der Waals surface area (Å²) < 4.78 is 39.1. The van der Waals surface area contributed by atoms with E-state index in [-0.39, 0.29) is 18.2 Å². The molecule has 1 unspecified atom stereocenters. The Morgan fingerprint density at radius 1 is 1.37 bits per heavy atom. The van der Waals surface area contributed by atoms with Gasteiger partial charge in [-0.3, -0.25) is 4.79 Å². The van der Waals surface area contributed by atoms with E-state index < -0.39 is 23.4 Å². The normalized spacial score (nSPS) is 19.7. The summed E-state index contributed by atoms with van der Waals surface area (Å²) in [5, 5.41) is 2.28. The summed E-state index contributed by atoms with van der Waals surface area (Å²) in [4.78, 5) is 13.8. The first-order valence-corrected chi connectivity index (χ1v) is 6.12. The number of likely N-dealkylation sites (tertiary alicyclic amines) is 1. The fourth-order valence-corrected chi connectivity index (χ4v) is 2.27. The third kappa shape index (κ3) is 3.07. The maximum absolute atomic E-state index is 13.4. The van der Waals surface area contributed by atoms with E-state index in [1.807, 2.05) is 7.05 Å². The highest BCUT2D eigenvalue weighted by atomic mass is 19.2. The molecule has 1 N–H and O–H groups in total. The predicted octanol–water partition coefficient (Wildman–Crippen LogP) is 2.53. The van der Waals surface area contributed by atoms with Gasteiger partial charge in [-0.1, -0.05) is 0 Å². The van der Waals surface area contributed by atoms with Crippen molar-refractivity contribution in [2.24, 2.45) is 0 Å². The maximum atomic E-state index is 13.4. The zero-order valence-corrected chi connectivity index (χ0v) is 10.5. The second kappa shape index (κ2) is 5.61. The molecule has 3 nitrogen and oxygen atoms in total. The number of carbonyl (C=O) groups excluding carboxylic acids is 1. The standard InChI is InChI=1S/C13H15F3N2O/c1-18-6-2-3-8(18)7-11(19)17-10-5-4-9(14)12(15)13(10)16/h4-5,8H,2-3,6-7H2,1H3,(H,17,19). The fourth-order valence-electron chi connectivity index (χ4n) is 2.27. The summed E-state index contributed by atoms with van der Waals surface area (Å²) >= 11 is 0. The van der Waals surface area contributed by atoms with Gasteiger partial charge in [-0.15, -0.1) is 0 Å². The maximum Gasteiger partial charge on any atom is 0.226 e. The molecule has 1 fully saturated rings. The second-order valence-electron chi connectivity index (χ2n) is 4.75. The van der Waals surface area contributed by atoms with Crippen LogP contribution in [0.25, 0.3) is 0 Å². The molecule has 0 bridgehead atoms. The van der Waals surface area contributed by atoms with E-state index in [0.29, 0.717) is 0 Å². The highest BCUT2D eigenvalue weighted by molar-refractivity contribution is 5.91. The first-order chi connectivity index (χ1) is 8.99. The van der Waals surface area contributed by atoms with Crippen molar-refractivity contribution in [1.29, 1.82) is 0 Å². The van der Waals surface area contributed by atoms with Gasteiger partial charge in [-0.2, -0.15) is 0 Å². The Hall–Kier alpha value is -1.56. The molecule has 1 aromatic rings. The lowest BCUT2D eigenvalue weighted by atomic mass is 10.1. The van der Waals surface area contributed by atoms with Gasteiger partial charge in [0.25, 0.3) is 0 Å². The lowest BCUT2D eigenvalue weighted by Gasteiger charge is -2.18. The topological polar surface area (TPSA) is 32.3 Å². The Labute approximate surface area is 109 Å². The van der Waals surface area contributed by atoms with E-state index in [9.17, 15) is 18.0 Å². The van der Waals surface area contributed by atoms with Crippen LogP contribution in [0.15, 0.2) is 12.1 Å². The molecule has 1 amide bonds. The predicted molar refractivity (Wildman–Crippen MR) is 65.2 cm³/mol. The van der Waals surface area contributed by atoms with Crippen LogP contribution in [0.2, 0.25) is 0 Å². The zero-order valence-electron chi connectivity index (χ0n) is 10.5. The molecule has 19 heavy (non-hydrogen) atoms.